The van der Waals surface area contributed by atoms with E-state index in [1.807, 2.05) is 35.2 Å². The van der Waals surface area contributed by atoms with Crippen LogP contribution in [-0.4, -0.2) is 22.0 Å². The van der Waals surface area contributed by atoms with Crippen molar-refractivity contribution in [2.24, 2.45) is 0 Å². The molecule has 4 heteroatoms. The highest BCUT2D eigenvalue weighted by Crippen LogP contribution is 2.25. The molecule has 2 heterocycles. The van der Waals surface area contributed by atoms with E-state index in [0.717, 1.165) is 11.3 Å². The Balaban J connectivity index is 1.87. The number of carboxylic acids is 1. The summed E-state index contributed by atoms with van der Waals surface area (Å²) >= 11 is 0. The average Bonchev–Trinajstić information content (AvgIpc) is 2.90. The largest absolute Gasteiger partial charge is 0.480 e. The molecule has 0 amide bonds. The molecule has 3 rings (SSSR count). The maximum atomic E-state index is 11.4. The van der Waals surface area contributed by atoms with Crippen molar-refractivity contribution in [3.05, 3.63) is 59.5 Å². The maximum Gasteiger partial charge on any atom is 0.321 e. The third-order valence-corrected chi connectivity index (χ3v) is 3.57. The van der Waals surface area contributed by atoms with Crippen molar-refractivity contribution in [1.82, 2.24) is 4.90 Å². The van der Waals surface area contributed by atoms with Gasteiger partial charge >= 0.3 is 5.97 Å². The minimum Gasteiger partial charge on any atom is -0.480 e. The van der Waals surface area contributed by atoms with E-state index in [9.17, 15) is 9.90 Å². The molecule has 19 heavy (non-hydrogen) atoms. The lowest BCUT2D eigenvalue weighted by Gasteiger charge is -2.33. The first-order valence-electron chi connectivity index (χ1n) is 6.30. The summed E-state index contributed by atoms with van der Waals surface area (Å²) in [7, 11) is 0. The summed E-state index contributed by atoms with van der Waals surface area (Å²) in [6.45, 7) is 1.17. The number of aliphatic carboxylic acids is 1. The fourth-order valence-corrected chi connectivity index (χ4v) is 2.59. The van der Waals surface area contributed by atoms with Gasteiger partial charge in [0.2, 0.25) is 0 Å². The van der Waals surface area contributed by atoms with Crippen LogP contribution in [0.3, 0.4) is 0 Å². The first-order chi connectivity index (χ1) is 9.24. The molecule has 2 aromatic rings. The molecule has 0 saturated carbocycles. The monoisotopic (exact) mass is 257 g/mol. The van der Waals surface area contributed by atoms with Crippen LogP contribution in [0.4, 0.5) is 0 Å². The van der Waals surface area contributed by atoms with Gasteiger partial charge in [-0.25, -0.2) is 0 Å². The topological polar surface area (TPSA) is 53.7 Å². The Hall–Kier alpha value is -2.07. The van der Waals surface area contributed by atoms with Crippen molar-refractivity contribution in [2.45, 2.75) is 25.6 Å². The zero-order valence-corrected chi connectivity index (χ0v) is 10.5. The Bertz CT molecular complexity index is 577. The van der Waals surface area contributed by atoms with E-state index < -0.39 is 12.0 Å². The molecular formula is C15H15NO3. The molecule has 4 nitrogen and oxygen atoms in total. The molecule has 0 aliphatic carbocycles. The number of hydrogen-bond donors (Lipinski definition) is 1. The van der Waals surface area contributed by atoms with E-state index in [4.69, 9.17) is 4.42 Å². The van der Waals surface area contributed by atoms with E-state index in [-0.39, 0.29) is 0 Å². The van der Waals surface area contributed by atoms with Gasteiger partial charge in [-0.2, -0.15) is 0 Å². The van der Waals surface area contributed by atoms with Crippen LogP contribution in [-0.2, 0) is 24.3 Å². The number of furan rings is 1. The summed E-state index contributed by atoms with van der Waals surface area (Å²) in [6, 6.07) is 11.2. The van der Waals surface area contributed by atoms with Crippen molar-refractivity contribution in [2.75, 3.05) is 0 Å². The Morgan fingerprint density at radius 2 is 2.05 bits per heavy atom. The van der Waals surface area contributed by atoms with Crippen molar-refractivity contribution >= 4 is 5.97 Å². The minimum atomic E-state index is -0.777. The van der Waals surface area contributed by atoms with Crippen LogP contribution >= 0.6 is 0 Å². The second-order valence-corrected chi connectivity index (χ2v) is 4.81. The maximum absolute atomic E-state index is 11.4. The third-order valence-electron chi connectivity index (χ3n) is 3.57. The SMILES string of the molecule is O=C(O)C1Cc2ccccc2CN1Cc1ccco1. The van der Waals surface area contributed by atoms with Crippen LogP contribution in [0.5, 0.6) is 0 Å². The molecular weight excluding hydrogens is 242 g/mol. The lowest BCUT2D eigenvalue weighted by atomic mass is 9.94. The van der Waals surface area contributed by atoms with E-state index in [1.54, 1.807) is 6.26 Å². The molecule has 0 radical (unpaired) electrons. The molecule has 0 saturated heterocycles. The smallest absolute Gasteiger partial charge is 0.321 e. The summed E-state index contributed by atoms with van der Waals surface area (Å²) in [6.07, 6.45) is 2.16. The number of nitrogens with zero attached hydrogens (tertiary/aromatic N) is 1. The van der Waals surface area contributed by atoms with E-state index >= 15 is 0 Å². The van der Waals surface area contributed by atoms with Crippen molar-refractivity contribution in [3.63, 3.8) is 0 Å². The lowest BCUT2D eigenvalue weighted by molar-refractivity contribution is -0.144. The highest BCUT2D eigenvalue weighted by molar-refractivity contribution is 5.74. The fraction of sp³-hybridized carbons (Fsp3) is 0.267. The van der Waals surface area contributed by atoms with Gasteiger partial charge in [-0.1, -0.05) is 24.3 Å². The first kappa shape index (κ1) is 12.0. The van der Waals surface area contributed by atoms with Gasteiger partial charge in [0.15, 0.2) is 0 Å². The second kappa shape index (κ2) is 4.90. The summed E-state index contributed by atoms with van der Waals surface area (Å²) in [4.78, 5) is 13.4. The molecule has 1 atom stereocenters. The van der Waals surface area contributed by atoms with Crippen molar-refractivity contribution in [3.8, 4) is 0 Å². The summed E-state index contributed by atoms with van der Waals surface area (Å²) in [5.41, 5.74) is 2.33. The van der Waals surface area contributed by atoms with Gasteiger partial charge in [0.1, 0.15) is 11.8 Å². The highest BCUT2D eigenvalue weighted by atomic mass is 16.4. The Morgan fingerprint density at radius 1 is 1.26 bits per heavy atom. The number of fused-ring (bicyclic) bond motifs is 1. The number of carbonyl (C=O) groups is 1. The molecule has 1 aromatic heterocycles. The standard InChI is InChI=1S/C15H15NO3/c17-15(18)14-8-11-4-1-2-5-12(11)9-16(14)10-13-6-3-7-19-13/h1-7,14H,8-10H2,(H,17,18). The van der Waals surface area contributed by atoms with Gasteiger partial charge in [-0.15, -0.1) is 0 Å². The predicted octanol–water partition coefficient (Wildman–Crippen LogP) is 2.29. The van der Waals surface area contributed by atoms with E-state index in [2.05, 4.69) is 6.07 Å². The van der Waals surface area contributed by atoms with Gasteiger partial charge in [0.05, 0.1) is 12.8 Å². The Labute approximate surface area is 111 Å². The number of carboxylic acid groups (broad SMARTS) is 1. The van der Waals surface area contributed by atoms with Crippen LogP contribution in [0.1, 0.15) is 16.9 Å². The zero-order valence-electron chi connectivity index (χ0n) is 10.5. The zero-order chi connectivity index (χ0) is 13.2. The lowest BCUT2D eigenvalue weighted by Crippen LogP contribution is -2.44. The predicted molar refractivity (Wildman–Crippen MR) is 69.5 cm³/mol. The number of rotatable bonds is 3. The van der Waals surface area contributed by atoms with Crippen molar-refractivity contribution < 1.29 is 14.3 Å². The van der Waals surface area contributed by atoms with Gasteiger partial charge in [0, 0.05) is 6.54 Å². The van der Waals surface area contributed by atoms with Crippen LogP contribution in [0.15, 0.2) is 47.1 Å². The van der Waals surface area contributed by atoms with Crippen LogP contribution in [0.2, 0.25) is 0 Å². The first-order valence-corrected chi connectivity index (χ1v) is 6.30. The fourth-order valence-electron chi connectivity index (χ4n) is 2.59. The van der Waals surface area contributed by atoms with Crippen molar-refractivity contribution in [1.29, 1.82) is 0 Å². The minimum absolute atomic E-state index is 0.486. The van der Waals surface area contributed by atoms with E-state index in [0.29, 0.717) is 19.5 Å². The second-order valence-electron chi connectivity index (χ2n) is 4.81. The summed E-state index contributed by atoms with van der Waals surface area (Å²) < 4.78 is 5.32. The van der Waals surface area contributed by atoms with Crippen LogP contribution in [0.25, 0.3) is 0 Å². The molecule has 0 spiro atoms. The summed E-state index contributed by atoms with van der Waals surface area (Å²) in [5.74, 6) is 0.0201. The summed E-state index contributed by atoms with van der Waals surface area (Å²) in [5, 5.41) is 9.39. The van der Waals surface area contributed by atoms with Gasteiger partial charge in [-0.05, 0) is 29.7 Å². The number of hydrogen-bond acceptors (Lipinski definition) is 3. The molecule has 0 fully saturated rings. The van der Waals surface area contributed by atoms with Crippen LogP contribution in [0, 0.1) is 0 Å². The Kier molecular flexibility index (Phi) is 3.09. The number of benzene rings is 1. The molecule has 1 aliphatic rings. The van der Waals surface area contributed by atoms with Gasteiger partial charge in [-0.3, -0.25) is 9.69 Å². The normalized spacial score (nSPS) is 19.1. The quantitative estimate of drug-likeness (QED) is 0.916. The molecule has 1 unspecified atom stereocenters. The van der Waals surface area contributed by atoms with Crippen LogP contribution < -0.4 is 0 Å². The third kappa shape index (κ3) is 2.39. The Morgan fingerprint density at radius 3 is 2.74 bits per heavy atom. The van der Waals surface area contributed by atoms with Gasteiger partial charge in [0.25, 0.3) is 0 Å². The molecule has 1 aliphatic heterocycles. The molecule has 98 valence electrons. The molecule has 0 bridgehead atoms. The highest BCUT2D eigenvalue weighted by Gasteiger charge is 2.31. The molecule has 1 N–H and O–H groups in total. The van der Waals surface area contributed by atoms with Gasteiger partial charge < -0.3 is 9.52 Å². The molecule has 1 aromatic carbocycles. The average molecular weight is 257 g/mol. The van der Waals surface area contributed by atoms with E-state index in [1.165, 1.54) is 5.56 Å².